The van der Waals surface area contributed by atoms with Gasteiger partial charge in [0.2, 0.25) is 0 Å². The van der Waals surface area contributed by atoms with E-state index in [-0.39, 0.29) is 25.6 Å². The zero-order valence-corrected chi connectivity index (χ0v) is 43.4. The number of esters is 1. The Bertz CT molecular complexity index is 969. The summed E-state index contributed by atoms with van der Waals surface area (Å²) < 4.78 is 33.6. The molecule has 0 fully saturated rings. The van der Waals surface area contributed by atoms with Crippen LogP contribution in [0.25, 0.3) is 0 Å². The number of carbonyl (C=O) groups is 1. The molecule has 0 saturated heterocycles. The molecule has 0 rings (SSSR count). The van der Waals surface area contributed by atoms with E-state index in [1.807, 2.05) is 0 Å². The van der Waals surface area contributed by atoms with Gasteiger partial charge in [0.15, 0.2) is 0 Å². The molecule has 64 heavy (non-hydrogen) atoms. The summed E-state index contributed by atoms with van der Waals surface area (Å²) in [6.45, 7) is 3.62. The minimum Gasteiger partial charge on any atom is -0.457 e. The molecule has 0 saturated carbocycles. The first-order chi connectivity index (χ1) is 31.3. The van der Waals surface area contributed by atoms with Crippen LogP contribution in [-0.2, 0) is 27.9 Å². The lowest BCUT2D eigenvalue weighted by atomic mass is 10.0. The summed E-state index contributed by atoms with van der Waals surface area (Å²) in [4.78, 5) is 22.7. The van der Waals surface area contributed by atoms with E-state index in [1.165, 1.54) is 244 Å². The van der Waals surface area contributed by atoms with Gasteiger partial charge in [0.05, 0.1) is 26.4 Å². The second kappa shape index (κ2) is 51.8. The fourth-order valence-electron chi connectivity index (χ4n) is 8.54. The van der Waals surface area contributed by atoms with Gasteiger partial charge in [-0.25, -0.2) is 4.57 Å². The molecule has 9 nitrogen and oxygen atoms in total. The van der Waals surface area contributed by atoms with Crippen LogP contribution in [0.15, 0.2) is 0 Å². The van der Waals surface area contributed by atoms with Gasteiger partial charge in [-0.1, -0.05) is 277 Å². The van der Waals surface area contributed by atoms with Crippen LogP contribution >= 0.6 is 7.82 Å². The third-order valence-corrected chi connectivity index (χ3v) is 13.7. The van der Waals surface area contributed by atoms with Crippen molar-refractivity contribution in [1.29, 1.82) is 0 Å². The summed E-state index contributed by atoms with van der Waals surface area (Å²) in [6, 6.07) is 0. The highest BCUT2D eigenvalue weighted by molar-refractivity contribution is 7.47. The number of hydrogen-bond acceptors (Lipinski definition) is 8. The Labute approximate surface area is 397 Å². The van der Waals surface area contributed by atoms with Crippen molar-refractivity contribution < 1.29 is 43.0 Å². The van der Waals surface area contributed by atoms with E-state index in [1.54, 1.807) is 0 Å². The Morgan fingerprint density at radius 3 is 1.02 bits per heavy atom. The van der Waals surface area contributed by atoms with Gasteiger partial charge in [-0.05, 0) is 12.8 Å². The molecule has 0 amide bonds. The summed E-state index contributed by atoms with van der Waals surface area (Å²) in [5, 5.41) is 18.4. The minimum atomic E-state index is -4.52. The molecule has 3 N–H and O–H groups in total. The van der Waals surface area contributed by atoms with Crippen LogP contribution in [0.5, 0.6) is 0 Å². The first-order valence-corrected chi connectivity index (χ1v) is 29.5. The Hall–Kier alpha value is -0.540. The van der Waals surface area contributed by atoms with Gasteiger partial charge in [-0.15, -0.1) is 0 Å². The molecule has 3 atom stereocenters. The van der Waals surface area contributed by atoms with Crippen LogP contribution < -0.4 is 0 Å². The third kappa shape index (κ3) is 50.9. The van der Waals surface area contributed by atoms with Crippen LogP contribution in [-0.4, -0.2) is 66.3 Å². The molecule has 0 aliphatic heterocycles. The zero-order chi connectivity index (χ0) is 46.7. The molecule has 0 aliphatic carbocycles. The zero-order valence-electron chi connectivity index (χ0n) is 42.5. The van der Waals surface area contributed by atoms with Gasteiger partial charge in [-0.2, -0.15) is 0 Å². The molecule has 0 radical (unpaired) electrons. The van der Waals surface area contributed by atoms with Gasteiger partial charge in [0.25, 0.3) is 0 Å². The molecule has 3 unspecified atom stereocenters. The van der Waals surface area contributed by atoms with Crippen molar-refractivity contribution in [3.05, 3.63) is 0 Å². The van der Waals surface area contributed by atoms with Gasteiger partial charge in [0, 0.05) is 13.0 Å². The maximum atomic E-state index is 12.7. The van der Waals surface area contributed by atoms with E-state index in [2.05, 4.69) is 13.8 Å². The van der Waals surface area contributed by atoms with Crippen LogP contribution in [0.3, 0.4) is 0 Å². The number of phosphoric acid groups is 1. The monoisotopic (exact) mass is 933 g/mol. The Balaban J connectivity index is 3.95. The predicted octanol–water partition coefficient (Wildman–Crippen LogP) is 16.6. The molecule has 0 aliphatic rings. The van der Waals surface area contributed by atoms with E-state index in [9.17, 15) is 19.4 Å². The SMILES string of the molecule is CCCCCCCCCCCCCCCCCCCCCCCCCCOCC(COP(=O)(O)OCC(O)CO)OC(=O)CCCCCCCCCCCCCCCCCCCCC. The first kappa shape index (κ1) is 63.5. The molecule has 0 aromatic heterocycles. The Morgan fingerprint density at radius 1 is 0.422 bits per heavy atom. The lowest BCUT2D eigenvalue weighted by molar-refractivity contribution is -0.154. The van der Waals surface area contributed by atoms with Crippen LogP contribution in [0, 0.1) is 0 Å². The van der Waals surface area contributed by atoms with Gasteiger partial charge in [-0.3, -0.25) is 13.8 Å². The number of rotatable bonds is 55. The van der Waals surface area contributed by atoms with E-state index in [0.717, 1.165) is 32.1 Å². The maximum absolute atomic E-state index is 12.7. The standard InChI is InChI=1S/C54H109O9P/c1-3-5-7-9-11-13-15-17-19-21-23-24-25-26-27-29-31-33-35-37-39-41-43-45-47-60-50-53(51-62-64(58,59)61-49-52(56)48-55)63-54(57)46-44-42-40-38-36-34-32-30-28-22-20-18-16-14-12-10-8-6-4-2/h52-53,55-56H,3-51H2,1-2H3,(H,58,59). The van der Waals surface area contributed by atoms with Crippen LogP contribution in [0.2, 0.25) is 0 Å². The summed E-state index contributed by atoms with van der Waals surface area (Å²) in [5.74, 6) is -0.372. The fourth-order valence-corrected chi connectivity index (χ4v) is 9.33. The Kier molecular flexibility index (Phi) is 51.4. The molecular weight excluding hydrogens is 824 g/mol. The molecule has 384 valence electrons. The first-order valence-electron chi connectivity index (χ1n) is 28.0. The second-order valence-corrected chi connectivity index (χ2v) is 20.8. The summed E-state index contributed by atoms with van der Waals surface area (Å²) >= 11 is 0. The number of phosphoric ester groups is 1. The molecule has 0 bridgehead atoms. The van der Waals surface area contributed by atoms with Crippen molar-refractivity contribution in [3.63, 3.8) is 0 Å². The van der Waals surface area contributed by atoms with E-state index in [4.69, 9.17) is 23.6 Å². The van der Waals surface area contributed by atoms with Crippen molar-refractivity contribution >= 4 is 13.8 Å². The quantitative estimate of drug-likeness (QED) is 0.0310. The lowest BCUT2D eigenvalue weighted by Gasteiger charge is -2.20. The van der Waals surface area contributed by atoms with Crippen LogP contribution in [0.4, 0.5) is 0 Å². The number of ether oxygens (including phenoxy) is 2. The fraction of sp³-hybridized carbons (Fsp3) is 0.981. The van der Waals surface area contributed by atoms with Crippen molar-refractivity contribution in [2.75, 3.05) is 33.0 Å². The number of carbonyl (C=O) groups excluding carboxylic acids is 1. The van der Waals surface area contributed by atoms with Gasteiger partial charge in [0.1, 0.15) is 12.2 Å². The topological polar surface area (TPSA) is 132 Å². The molecule has 10 heteroatoms. The molecule has 0 aromatic carbocycles. The average Bonchev–Trinajstić information content (AvgIpc) is 3.29. The normalized spacial score (nSPS) is 13.6. The number of aliphatic hydroxyl groups excluding tert-OH is 2. The second-order valence-electron chi connectivity index (χ2n) is 19.3. The molecule has 0 aromatic rings. The molecular formula is C54H109O9P. The van der Waals surface area contributed by atoms with E-state index < -0.39 is 33.2 Å². The van der Waals surface area contributed by atoms with Crippen molar-refractivity contribution in [1.82, 2.24) is 0 Å². The van der Waals surface area contributed by atoms with E-state index in [0.29, 0.717) is 6.61 Å². The summed E-state index contributed by atoms with van der Waals surface area (Å²) in [7, 11) is -4.52. The number of aliphatic hydroxyl groups is 2. The Morgan fingerprint density at radius 2 is 0.703 bits per heavy atom. The molecule has 0 spiro atoms. The molecule has 0 heterocycles. The maximum Gasteiger partial charge on any atom is 0.472 e. The van der Waals surface area contributed by atoms with Crippen molar-refractivity contribution in [2.24, 2.45) is 0 Å². The van der Waals surface area contributed by atoms with Crippen LogP contribution in [0.1, 0.15) is 296 Å². The summed E-state index contributed by atoms with van der Waals surface area (Å²) in [5.41, 5.74) is 0. The highest BCUT2D eigenvalue weighted by atomic mass is 31.2. The smallest absolute Gasteiger partial charge is 0.457 e. The highest BCUT2D eigenvalue weighted by Crippen LogP contribution is 2.43. The summed E-state index contributed by atoms with van der Waals surface area (Å²) in [6.07, 6.45) is 55.1. The third-order valence-electron chi connectivity index (χ3n) is 12.8. The average molecular weight is 933 g/mol. The predicted molar refractivity (Wildman–Crippen MR) is 270 cm³/mol. The largest absolute Gasteiger partial charge is 0.472 e. The highest BCUT2D eigenvalue weighted by Gasteiger charge is 2.26. The minimum absolute atomic E-state index is 0.0591. The lowest BCUT2D eigenvalue weighted by Crippen LogP contribution is -2.29. The van der Waals surface area contributed by atoms with Gasteiger partial charge < -0.3 is 24.6 Å². The van der Waals surface area contributed by atoms with Crippen molar-refractivity contribution in [2.45, 2.75) is 309 Å². The number of hydrogen-bond donors (Lipinski definition) is 3. The van der Waals surface area contributed by atoms with Crippen molar-refractivity contribution in [3.8, 4) is 0 Å². The van der Waals surface area contributed by atoms with Gasteiger partial charge >= 0.3 is 13.8 Å². The number of unbranched alkanes of at least 4 members (excludes halogenated alkanes) is 41. The van der Waals surface area contributed by atoms with E-state index >= 15 is 0 Å².